The average Bonchev–Trinajstić information content (AvgIpc) is 2.69. The van der Waals surface area contributed by atoms with E-state index in [0.717, 1.165) is 39.9 Å². The van der Waals surface area contributed by atoms with Crippen molar-refractivity contribution in [3.8, 4) is 11.5 Å². The first-order valence-electron chi connectivity index (χ1n) is 10.5. The Morgan fingerprint density at radius 2 is 1.46 bits per heavy atom. The lowest BCUT2D eigenvalue weighted by molar-refractivity contribution is 0.302. The number of unbranched alkanes of at least 4 members (excludes halogenated alkanes) is 7. The highest BCUT2D eigenvalue weighted by atomic mass is 79.9. The third-order valence-electron chi connectivity index (χ3n) is 4.91. The van der Waals surface area contributed by atoms with Gasteiger partial charge < -0.3 is 9.84 Å². The summed E-state index contributed by atoms with van der Waals surface area (Å²) in [7, 11) is 0. The van der Waals surface area contributed by atoms with Crippen LogP contribution in [0.4, 0.5) is 0 Å². The number of aromatic hydroxyl groups is 1. The van der Waals surface area contributed by atoms with Crippen molar-refractivity contribution in [1.29, 1.82) is 0 Å². The van der Waals surface area contributed by atoms with E-state index in [2.05, 4.69) is 35.0 Å². The lowest BCUT2D eigenvalue weighted by atomic mass is 10.1. The number of phenols is 1. The molecular formula is C25H33BrO2. The van der Waals surface area contributed by atoms with Gasteiger partial charge in [-0.1, -0.05) is 82.2 Å². The van der Waals surface area contributed by atoms with Crippen molar-refractivity contribution in [2.24, 2.45) is 0 Å². The Labute approximate surface area is 178 Å². The van der Waals surface area contributed by atoms with E-state index in [4.69, 9.17) is 4.74 Å². The highest BCUT2D eigenvalue weighted by molar-refractivity contribution is 9.10. The number of aryl methyl sites for hydroxylation is 1. The first-order valence-corrected chi connectivity index (χ1v) is 11.3. The summed E-state index contributed by atoms with van der Waals surface area (Å²) < 4.78 is 6.97. The molecule has 0 heterocycles. The van der Waals surface area contributed by atoms with Crippen molar-refractivity contribution in [2.75, 3.05) is 6.61 Å². The van der Waals surface area contributed by atoms with Crippen LogP contribution in [-0.4, -0.2) is 11.7 Å². The molecule has 2 aromatic rings. The summed E-state index contributed by atoms with van der Waals surface area (Å²) in [5.74, 6) is 1.21. The van der Waals surface area contributed by atoms with E-state index in [1.807, 2.05) is 37.3 Å². The van der Waals surface area contributed by atoms with Gasteiger partial charge in [0.05, 0.1) is 11.1 Å². The van der Waals surface area contributed by atoms with Crippen LogP contribution in [0.2, 0.25) is 0 Å². The molecule has 0 aliphatic heterocycles. The molecule has 0 amide bonds. The lowest BCUT2D eigenvalue weighted by Crippen LogP contribution is -1.98. The number of hydrogen-bond acceptors (Lipinski definition) is 2. The van der Waals surface area contributed by atoms with Crippen LogP contribution < -0.4 is 4.74 Å². The van der Waals surface area contributed by atoms with Crippen LogP contribution >= 0.6 is 15.9 Å². The van der Waals surface area contributed by atoms with Crippen LogP contribution in [0.1, 0.15) is 75.0 Å². The summed E-state index contributed by atoms with van der Waals surface area (Å²) in [4.78, 5) is 0. The van der Waals surface area contributed by atoms with Crippen molar-refractivity contribution in [1.82, 2.24) is 0 Å². The molecule has 0 saturated heterocycles. The zero-order valence-corrected chi connectivity index (χ0v) is 18.8. The monoisotopic (exact) mass is 444 g/mol. The van der Waals surface area contributed by atoms with E-state index in [9.17, 15) is 5.11 Å². The number of phenolic OH excluding ortho intramolecular Hbond substituents is 1. The molecule has 2 rings (SSSR count). The normalized spacial score (nSPS) is 11.2. The fourth-order valence-electron chi connectivity index (χ4n) is 3.07. The van der Waals surface area contributed by atoms with Crippen molar-refractivity contribution >= 4 is 28.1 Å². The highest BCUT2D eigenvalue weighted by Gasteiger charge is 2.02. The summed E-state index contributed by atoms with van der Waals surface area (Å²) in [6.07, 6.45) is 14.5. The molecule has 0 aliphatic carbocycles. The molecule has 28 heavy (non-hydrogen) atoms. The van der Waals surface area contributed by atoms with E-state index in [1.165, 1.54) is 44.9 Å². The van der Waals surface area contributed by atoms with Gasteiger partial charge >= 0.3 is 0 Å². The van der Waals surface area contributed by atoms with Gasteiger partial charge in [-0.2, -0.15) is 0 Å². The molecule has 3 heteroatoms. The summed E-state index contributed by atoms with van der Waals surface area (Å²) in [5.41, 5.74) is 2.94. The largest absolute Gasteiger partial charge is 0.508 e. The maximum atomic E-state index is 9.83. The fraction of sp³-hybridized carbons (Fsp3) is 0.440. The van der Waals surface area contributed by atoms with Gasteiger partial charge in [-0.15, -0.1) is 0 Å². The van der Waals surface area contributed by atoms with Gasteiger partial charge in [-0.3, -0.25) is 0 Å². The van der Waals surface area contributed by atoms with Crippen LogP contribution in [0, 0.1) is 6.92 Å². The Morgan fingerprint density at radius 1 is 0.857 bits per heavy atom. The van der Waals surface area contributed by atoms with Crippen molar-refractivity contribution in [3.63, 3.8) is 0 Å². The quantitative estimate of drug-likeness (QED) is 0.264. The average molecular weight is 445 g/mol. The summed E-state index contributed by atoms with van der Waals surface area (Å²) in [5, 5.41) is 9.83. The molecule has 0 unspecified atom stereocenters. The van der Waals surface area contributed by atoms with Crippen LogP contribution in [-0.2, 0) is 0 Å². The van der Waals surface area contributed by atoms with Crippen LogP contribution in [0.5, 0.6) is 11.5 Å². The SMILES string of the molecule is CCCCCCCCCCOc1cc(/C=C/c2ccc(C)c(O)c2)ccc1Br. The molecule has 0 fully saturated rings. The Bertz CT molecular complexity index is 752. The van der Waals surface area contributed by atoms with Gasteiger partial charge in [-0.25, -0.2) is 0 Å². The molecule has 0 aromatic heterocycles. The van der Waals surface area contributed by atoms with Gasteiger partial charge in [-0.05, 0) is 64.2 Å². The Kier molecular flexibility index (Phi) is 10.2. The first-order chi connectivity index (χ1) is 13.6. The lowest BCUT2D eigenvalue weighted by Gasteiger charge is -2.09. The molecular weight excluding hydrogens is 412 g/mol. The van der Waals surface area contributed by atoms with Gasteiger partial charge in [0.15, 0.2) is 0 Å². The number of rotatable bonds is 12. The number of ether oxygens (including phenoxy) is 1. The molecule has 0 saturated carbocycles. The number of halogens is 1. The van der Waals surface area contributed by atoms with Crippen LogP contribution in [0.3, 0.4) is 0 Å². The van der Waals surface area contributed by atoms with Crippen LogP contribution in [0.25, 0.3) is 12.2 Å². The van der Waals surface area contributed by atoms with E-state index >= 15 is 0 Å². The molecule has 2 aromatic carbocycles. The minimum absolute atomic E-state index is 0.326. The molecule has 0 bridgehead atoms. The fourth-order valence-corrected chi connectivity index (χ4v) is 3.44. The van der Waals surface area contributed by atoms with E-state index in [-0.39, 0.29) is 0 Å². The van der Waals surface area contributed by atoms with E-state index < -0.39 is 0 Å². The second kappa shape index (κ2) is 12.7. The highest BCUT2D eigenvalue weighted by Crippen LogP contribution is 2.27. The van der Waals surface area contributed by atoms with Crippen molar-refractivity contribution < 1.29 is 9.84 Å². The van der Waals surface area contributed by atoms with E-state index in [1.54, 1.807) is 6.07 Å². The van der Waals surface area contributed by atoms with Crippen molar-refractivity contribution in [2.45, 2.75) is 65.2 Å². The Hall–Kier alpha value is -1.74. The van der Waals surface area contributed by atoms with Gasteiger partial charge in [0, 0.05) is 0 Å². The standard InChI is InChI=1S/C25H33BrO2/c1-3-4-5-6-7-8-9-10-17-28-25-19-22(15-16-23(25)26)14-13-21-12-11-20(2)24(27)18-21/h11-16,18-19,27H,3-10,17H2,1-2H3/b14-13+. The van der Waals surface area contributed by atoms with Gasteiger partial charge in [0.2, 0.25) is 0 Å². The minimum Gasteiger partial charge on any atom is -0.508 e. The van der Waals surface area contributed by atoms with E-state index in [0.29, 0.717) is 5.75 Å². The molecule has 152 valence electrons. The first kappa shape index (κ1) is 22.5. The predicted octanol–water partition coefficient (Wildman–Crippen LogP) is 8.15. The zero-order valence-electron chi connectivity index (χ0n) is 17.2. The molecule has 1 N–H and O–H groups in total. The van der Waals surface area contributed by atoms with Gasteiger partial charge in [0.1, 0.15) is 11.5 Å². The molecule has 0 aliphatic rings. The topological polar surface area (TPSA) is 29.5 Å². The summed E-state index contributed by atoms with van der Waals surface area (Å²) in [6, 6.07) is 11.8. The minimum atomic E-state index is 0.326. The van der Waals surface area contributed by atoms with Gasteiger partial charge in [0.25, 0.3) is 0 Å². The Morgan fingerprint density at radius 3 is 2.14 bits per heavy atom. The molecule has 0 radical (unpaired) electrons. The second-order valence-electron chi connectivity index (χ2n) is 7.39. The van der Waals surface area contributed by atoms with Crippen LogP contribution in [0.15, 0.2) is 40.9 Å². The maximum absolute atomic E-state index is 9.83. The summed E-state index contributed by atoms with van der Waals surface area (Å²) >= 11 is 3.58. The third-order valence-corrected chi connectivity index (χ3v) is 5.57. The molecule has 0 atom stereocenters. The maximum Gasteiger partial charge on any atom is 0.134 e. The summed E-state index contributed by atoms with van der Waals surface area (Å²) in [6.45, 7) is 4.91. The zero-order chi connectivity index (χ0) is 20.2. The molecule has 0 spiro atoms. The number of hydrogen-bond donors (Lipinski definition) is 1. The smallest absolute Gasteiger partial charge is 0.134 e. The predicted molar refractivity (Wildman–Crippen MR) is 124 cm³/mol. The number of benzene rings is 2. The van der Waals surface area contributed by atoms with Crippen molar-refractivity contribution in [3.05, 3.63) is 57.6 Å². The third kappa shape index (κ3) is 8.10. The second-order valence-corrected chi connectivity index (χ2v) is 8.25. The molecule has 2 nitrogen and oxygen atoms in total. The Balaban J connectivity index is 1.79.